The maximum atomic E-state index is 2.46. The second-order valence-corrected chi connectivity index (χ2v) is 15.0. The average Bonchev–Trinajstić information content (AvgIpc) is 3.57. The first-order valence-corrected chi connectivity index (χ1v) is 19.5. The summed E-state index contributed by atoms with van der Waals surface area (Å²) in [5.74, 6) is 0. The molecule has 0 heteroatoms. The highest BCUT2D eigenvalue weighted by atomic mass is 14.5. The third-order valence-electron chi connectivity index (χ3n) is 11.7. The molecule has 9 aromatic rings. The summed E-state index contributed by atoms with van der Waals surface area (Å²) < 4.78 is 0. The fourth-order valence-electron chi connectivity index (χ4n) is 8.79. The molecule has 0 aliphatic heterocycles. The van der Waals surface area contributed by atoms with Crippen LogP contribution < -0.4 is 0 Å². The van der Waals surface area contributed by atoms with Crippen molar-refractivity contribution < 1.29 is 0 Å². The van der Waals surface area contributed by atoms with Gasteiger partial charge in [0.1, 0.15) is 0 Å². The second kappa shape index (κ2) is 14.0. The minimum atomic E-state index is -0.544. The van der Waals surface area contributed by atoms with Crippen molar-refractivity contribution in [2.75, 3.05) is 0 Å². The Bertz CT molecular complexity index is 2650. The predicted octanol–water partition coefficient (Wildman–Crippen LogP) is 14.7. The lowest BCUT2D eigenvalue weighted by molar-refractivity contribution is 0.769. The molecule has 0 fully saturated rings. The van der Waals surface area contributed by atoms with Crippen LogP contribution in [-0.2, 0) is 5.41 Å². The molecule has 0 aromatic heterocycles. The molecule has 0 radical (unpaired) electrons. The largest absolute Gasteiger partial charge is 0.0714 e. The lowest BCUT2D eigenvalue weighted by Crippen LogP contribution is -2.28. The van der Waals surface area contributed by atoms with E-state index >= 15 is 0 Å². The minimum absolute atomic E-state index is 0.544. The summed E-state index contributed by atoms with van der Waals surface area (Å²) in [4.78, 5) is 0. The van der Waals surface area contributed by atoms with E-state index in [0.29, 0.717) is 0 Å². The highest BCUT2D eigenvalue weighted by molar-refractivity contribution is 5.90. The van der Waals surface area contributed by atoms with Crippen LogP contribution in [0.3, 0.4) is 0 Å². The van der Waals surface area contributed by atoms with Crippen molar-refractivity contribution in [3.05, 3.63) is 252 Å². The molecule has 0 N–H and O–H groups in total. The van der Waals surface area contributed by atoms with E-state index in [4.69, 9.17) is 0 Å². The van der Waals surface area contributed by atoms with Crippen molar-refractivity contribution in [3.63, 3.8) is 0 Å². The maximum Gasteiger partial charge on any atom is 0.0714 e. The molecule has 1 aliphatic carbocycles. The fraction of sp³-hybridized carbons (Fsp3) is 0.0357. The summed E-state index contributed by atoms with van der Waals surface area (Å²) >= 11 is 0. The van der Waals surface area contributed by atoms with Crippen LogP contribution in [0.1, 0.15) is 27.8 Å². The van der Waals surface area contributed by atoms with E-state index in [1.807, 2.05) is 0 Å². The van der Waals surface area contributed by atoms with Crippen molar-refractivity contribution in [3.8, 4) is 66.8 Å². The molecular weight excluding hydrogens is 673 g/mol. The van der Waals surface area contributed by atoms with Gasteiger partial charge in [-0.2, -0.15) is 0 Å². The van der Waals surface area contributed by atoms with Gasteiger partial charge in [-0.25, -0.2) is 0 Å². The minimum Gasteiger partial charge on any atom is -0.0622 e. The van der Waals surface area contributed by atoms with E-state index in [1.165, 1.54) is 94.6 Å². The maximum absolute atomic E-state index is 2.46. The molecule has 264 valence electrons. The first-order valence-electron chi connectivity index (χ1n) is 19.5. The standard InChI is InChI=1S/C56H40/c1-39-17-19-42(20-18-39)45-29-33-51(34-30-45)56(50-15-9-4-10-16-50)54-37-48(46-25-21-43(22-26-46)40-11-5-2-6-12-40)31-35-52(54)53-36-32-49(38-55(53)56)47-27-23-44(24-28-47)41-13-7-3-8-14-41/h2-38H,1H3. The highest BCUT2D eigenvalue weighted by Crippen LogP contribution is 2.57. The summed E-state index contributed by atoms with van der Waals surface area (Å²) in [5.41, 5.74) is 20.6. The second-order valence-electron chi connectivity index (χ2n) is 15.0. The Morgan fingerprint density at radius 3 is 0.946 bits per heavy atom. The molecule has 0 heterocycles. The van der Waals surface area contributed by atoms with Crippen molar-refractivity contribution in [1.29, 1.82) is 0 Å². The Balaban J connectivity index is 1.16. The van der Waals surface area contributed by atoms with Crippen LogP contribution in [0.4, 0.5) is 0 Å². The Hall–Kier alpha value is -7.02. The molecule has 56 heavy (non-hydrogen) atoms. The van der Waals surface area contributed by atoms with E-state index in [2.05, 4.69) is 231 Å². The van der Waals surface area contributed by atoms with Crippen LogP contribution in [0.2, 0.25) is 0 Å². The quantitative estimate of drug-likeness (QED) is 0.154. The zero-order valence-corrected chi connectivity index (χ0v) is 31.4. The van der Waals surface area contributed by atoms with Crippen LogP contribution in [-0.4, -0.2) is 0 Å². The Morgan fingerprint density at radius 1 is 0.250 bits per heavy atom. The van der Waals surface area contributed by atoms with Gasteiger partial charge in [-0.1, -0.05) is 218 Å². The van der Waals surface area contributed by atoms with E-state index in [1.54, 1.807) is 0 Å². The van der Waals surface area contributed by atoms with Crippen LogP contribution in [0, 0.1) is 6.92 Å². The molecule has 0 saturated carbocycles. The van der Waals surface area contributed by atoms with Crippen LogP contribution >= 0.6 is 0 Å². The first-order chi connectivity index (χ1) is 27.6. The highest BCUT2D eigenvalue weighted by Gasteiger charge is 2.46. The van der Waals surface area contributed by atoms with Gasteiger partial charge >= 0.3 is 0 Å². The number of rotatable bonds is 7. The van der Waals surface area contributed by atoms with E-state index < -0.39 is 5.41 Å². The van der Waals surface area contributed by atoms with Crippen molar-refractivity contribution in [2.24, 2.45) is 0 Å². The van der Waals surface area contributed by atoms with Gasteiger partial charge in [-0.05, 0) is 108 Å². The summed E-state index contributed by atoms with van der Waals surface area (Å²) in [6.45, 7) is 2.14. The fourth-order valence-corrected chi connectivity index (χ4v) is 8.79. The molecule has 0 saturated heterocycles. The van der Waals surface area contributed by atoms with Crippen LogP contribution in [0.15, 0.2) is 224 Å². The third-order valence-corrected chi connectivity index (χ3v) is 11.7. The summed E-state index contributed by atoms with van der Waals surface area (Å²) in [6.07, 6.45) is 0. The van der Waals surface area contributed by atoms with Crippen molar-refractivity contribution in [1.82, 2.24) is 0 Å². The Kier molecular flexibility index (Phi) is 8.38. The number of aryl methyl sites for hydroxylation is 1. The van der Waals surface area contributed by atoms with Gasteiger partial charge in [0.2, 0.25) is 0 Å². The van der Waals surface area contributed by atoms with E-state index in [-0.39, 0.29) is 0 Å². The Morgan fingerprint density at radius 2 is 0.536 bits per heavy atom. The van der Waals surface area contributed by atoms with E-state index in [0.717, 1.165) is 0 Å². The molecule has 10 rings (SSSR count). The molecule has 0 bridgehead atoms. The third kappa shape index (κ3) is 5.79. The van der Waals surface area contributed by atoms with Crippen molar-refractivity contribution >= 4 is 0 Å². The predicted molar refractivity (Wildman–Crippen MR) is 236 cm³/mol. The number of hydrogen-bond donors (Lipinski definition) is 0. The first kappa shape index (κ1) is 33.5. The zero-order chi connectivity index (χ0) is 37.5. The van der Waals surface area contributed by atoms with Gasteiger partial charge < -0.3 is 0 Å². The van der Waals surface area contributed by atoms with Gasteiger partial charge in [-0.15, -0.1) is 0 Å². The summed E-state index contributed by atoms with van der Waals surface area (Å²) in [5, 5.41) is 0. The number of benzene rings is 9. The topological polar surface area (TPSA) is 0 Å². The monoisotopic (exact) mass is 712 g/mol. The molecular formula is C56H40. The molecule has 0 unspecified atom stereocenters. The smallest absolute Gasteiger partial charge is 0.0622 e. The molecule has 0 amide bonds. The van der Waals surface area contributed by atoms with Crippen molar-refractivity contribution in [2.45, 2.75) is 12.3 Å². The molecule has 1 aliphatic rings. The normalized spacial score (nSPS) is 12.5. The number of hydrogen-bond acceptors (Lipinski definition) is 0. The van der Waals surface area contributed by atoms with Gasteiger partial charge in [0, 0.05) is 0 Å². The van der Waals surface area contributed by atoms with Gasteiger partial charge in [0.15, 0.2) is 0 Å². The molecule has 0 spiro atoms. The van der Waals surface area contributed by atoms with Gasteiger partial charge in [0.25, 0.3) is 0 Å². The van der Waals surface area contributed by atoms with Crippen LogP contribution in [0.5, 0.6) is 0 Å². The Labute approximate surface area is 330 Å². The summed E-state index contributed by atoms with van der Waals surface area (Å²) in [7, 11) is 0. The molecule has 0 atom stereocenters. The molecule has 0 nitrogen and oxygen atoms in total. The lowest BCUT2D eigenvalue weighted by Gasteiger charge is -2.34. The van der Waals surface area contributed by atoms with Gasteiger partial charge in [-0.3, -0.25) is 0 Å². The average molecular weight is 713 g/mol. The van der Waals surface area contributed by atoms with E-state index in [9.17, 15) is 0 Å². The SMILES string of the molecule is Cc1ccc(-c2ccc(C3(c4ccccc4)c4cc(-c5ccc(-c6ccccc6)cc5)ccc4-c4ccc(-c5ccc(-c6ccccc6)cc5)cc43)cc2)cc1. The number of fused-ring (bicyclic) bond motifs is 3. The van der Waals surface area contributed by atoms with Crippen LogP contribution in [0.25, 0.3) is 66.8 Å². The lowest BCUT2D eigenvalue weighted by atomic mass is 9.67. The van der Waals surface area contributed by atoms with Gasteiger partial charge in [0.05, 0.1) is 5.41 Å². The zero-order valence-electron chi connectivity index (χ0n) is 31.4. The molecule has 9 aromatic carbocycles. The summed E-state index contributed by atoms with van der Waals surface area (Å²) in [6, 6.07) is 82.8.